The van der Waals surface area contributed by atoms with Gasteiger partial charge in [0.1, 0.15) is 0 Å². The largest absolute Gasteiger partial charge is 0.376 e. The minimum absolute atomic E-state index is 0.165. The Morgan fingerprint density at radius 3 is 3.06 bits per heavy atom. The van der Waals surface area contributed by atoms with Crippen LogP contribution in [0.15, 0.2) is 18.2 Å². The molecule has 98 valence electrons. The third-order valence-corrected chi connectivity index (χ3v) is 3.39. The number of hydrogen-bond acceptors (Lipinski definition) is 4. The van der Waals surface area contributed by atoms with Crippen molar-refractivity contribution < 1.29 is 9.66 Å². The lowest BCUT2D eigenvalue weighted by molar-refractivity contribution is -0.385. The quantitative estimate of drug-likeness (QED) is 0.641. The van der Waals surface area contributed by atoms with Crippen LogP contribution in [0.2, 0.25) is 0 Å². The molecule has 5 heteroatoms. The second kappa shape index (κ2) is 5.93. The van der Waals surface area contributed by atoms with Crippen molar-refractivity contribution in [2.45, 2.75) is 20.0 Å². The van der Waals surface area contributed by atoms with Gasteiger partial charge in [-0.25, -0.2) is 0 Å². The normalized spacial score (nSPS) is 19.1. The van der Waals surface area contributed by atoms with Gasteiger partial charge >= 0.3 is 0 Å². The van der Waals surface area contributed by atoms with Crippen LogP contribution in [0.25, 0.3) is 0 Å². The molecule has 0 amide bonds. The highest BCUT2D eigenvalue weighted by molar-refractivity contribution is 5.44. The van der Waals surface area contributed by atoms with Crippen LogP contribution >= 0.6 is 0 Å². The highest BCUT2D eigenvalue weighted by atomic mass is 16.6. The van der Waals surface area contributed by atoms with Crippen molar-refractivity contribution in [2.24, 2.45) is 5.92 Å². The molecule has 1 aliphatic heterocycles. The van der Waals surface area contributed by atoms with E-state index in [-0.39, 0.29) is 10.6 Å². The second-order valence-electron chi connectivity index (χ2n) is 4.69. The number of rotatable bonds is 5. The van der Waals surface area contributed by atoms with Crippen molar-refractivity contribution >= 4 is 5.69 Å². The highest BCUT2D eigenvalue weighted by Crippen LogP contribution is 2.22. The topological polar surface area (TPSA) is 64.4 Å². The number of nitro benzene ring substituents is 1. The summed E-state index contributed by atoms with van der Waals surface area (Å²) in [5.74, 6) is 0.573. The summed E-state index contributed by atoms with van der Waals surface area (Å²) in [6, 6.07) is 5.12. The van der Waals surface area contributed by atoms with Gasteiger partial charge in [-0.2, -0.15) is 0 Å². The Morgan fingerprint density at radius 2 is 2.39 bits per heavy atom. The monoisotopic (exact) mass is 250 g/mol. The van der Waals surface area contributed by atoms with Gasteiger partial charge in [0.15, 0.2) is 0 Å². The zero-order valence-electron chi connectivity index (χ0n) is 10.5. The fourth-order valence-electron chi connectivity index (χ4n) is 2.22. The van der Waals surface area contributed by atoms with Crippen LogP contribution in [0.3, 0.4) is 0 Å². The minimum Gasteiger partial charge on any atom is -0.376 e. The van der Waals surface area contributed by atoms with Crippen molar-refractivity contribution in [1.29, 1.82) is 0 Å². The third-order valence-electron chi connectivity index (χ3n) is 3.39. The Hall–Kier alpha value is -1.46. The maximum absolute atomic E-state index is 10.8. The molecule has 0 saturated carbocycles. The molecular formula is C13H18N2O3. The molecular weight excluding hydrogens is 232 g/mol. The van der Waals surface area contributed by atoms with E-state index in [1.165, 1.54) is 6.07 Å². The first-order chi connectivity index (χ1) is 8.68. The number of ether oxygens (including phenoxy) is 1. The molecule has 1 fully saturated rings. The summed E-state index contributed by atoms with van der Waals surface area (Å²) >= 11 is 0. The average molecular weight is 250 g/mol. The first-order valence-electron chi connectivity index (χ1n) is 6.20. The molecule has 1 aliphatic rings. The average Bonchev–Trinajstić information content (AvgIpc) is 2.84. The summed E-state index contributed by atoms with van der Waals surface area (Å²) in [5.41, 5.74) is 1.76. The molecule has 1 unspecified atom stereocenters. The molecule has 0 aromatic heterocycles. The highest BCUT2D eigenvalue weighted by Gasteiger charge is 2.16. The van der Waals surface area contributed by atoms with Gasteiger partial charge in [-0.1, -0.05) is 12.1 Å². The van der Waals surface area contributed by atoms with Gasteiger partial charge in [0.05, 0.1) is 18.1 Å². The second-order valence-corrected chi connectivity index (χ2v) is 4.69. The Labute approximate surface area is 106 Å². The minimum atomic E-state index is -0.347. The van der Waals surface area contributed by atoms with Crippen LogP contribution in [-0.2, 0) is 11.3 Å². The summed E-state index contributed by atoms with van der Waals surface area (Å²) in [7, 11) is 0. The summed E-state index contributed by atoms with van der Waals surface area (Å²) in [4.78, 5) is 10.5. The lowest BCUT2D eigenvalue weighted by Gasteiger charge is -2.11. The van der Waals surface area contributed by atoms with E-state index in [1.54, 1.807) is 13.0 Å². The van der Waals surface area contributed by atoms with E-state index in [9.17, 15) is 10.1 Å². The fourth-order valence-corrected chi connectivity index (χ4v) is 2.22. The maximum Gasteiger partial charge on any atom is 0.272 e. The molecule has 0 bridgehead atoms. The number of benzene rings is 1. The number of hydrogen-bond donors (Lipinski definition) is 1. The molecule has 0 radical (unpaired) electrons. The molecule has 1 saturated heterocycles. The molecule has 1 atom stereocenters. The van der Waals surface area contributed by atoms with Crippen molar-refractivity contribution in [3.8, 4) is 0 Å². The van der Waals surface area contributed by atoms with Crippen LogP contribution < -0.4 is 5.32 Å². The first kappa shape index (κ1) is 13.0. The lowest BCUT2D eigenvalue weighted by atomic mass is 10.1. The molecule has 1 heterocycles. The third kappa shape index (κ3) is 3.05. The Bertz CT molecular complexity index is 428. The molecule has 18 heavy (non-hydrogen) atoms. The SMILES string of the molecule is Cc1c(COCC2CCNC2)cccc1[N+](=O)[O-]. The maximum atomic E-state index is 10.8. The van der Waals surface area contributed by atoms with E-state index in [1.807, 2.05) is 6.07 Å². The zero-order chi connectivity index (χ0) is 13.0. The Kier molecular flexibility index (Phi) is 4.28. The molecule has 2 rings (SSSR count). The summed E-state index contributed by atoms with van der Waals surface area (Å²) in [6.45, 7) is 5.00. The van der Waals surface area contributed by atoms with E-state index >= 15 is 0 Å². The summed E-state index contributed by atoms with van der Waals surface area (Å²) < 4.78 is 5.66. The lowest BCUT2D eigenvalue weighted by Crippen LogP contribution is -2.14. The first-order valence-corrected chi connectivity index (χ1v) is 6.20. The zero-order valence-corrected chi connectivity index (χ0v) is 10.5. The van der Waals surface area contributed by atoms with Crippen LogP contribution in [0.5, 0.6) is 0 Å². The van der Waals surface area contributed by atoms with Crippen molar-refractivity contribution in [2.75, 3.05) is 19.7 Å². The van der Waals surface area contributed by atoms with Crippen LogP contribution in [0, 0.1) is 23.0 Å². The molecule has 1 aromatic rings. The number of nitro groups is 1. The van der Waals surface area contributed by atoms with Gasteiger partial charge in [-0.15, -0.1) is 0 Å². The molecule has 1 aromatic carbocycles. The van der Waals surface area contributed by atoms with Crippen molar-refractivity contribution in [3.05, 3.63) is 39.4 Å². The smallest absolute Gasteiger partial charge is 0.272 e. The van der Waals surface area contributed by atoms with E-state index in [4.69, 9.17) is 4.74 Å². The van der Waals surface area contributed by atoms with Gasteiger partial charge in [0.2, 0.25) is 0 Å². The molecule has 0 spiro atoms. The number of nitrogens with one attached hydrogen (secondary N) is 1. The van der Waals surface area contributed by atoms with Crippen LogP contribution in [0.4, 0.5) is 5.69 Å². The van der Waals surface area contributed by atoms with Gasteiger partial charge in [0, 0.05) is 18.2 Å². The van der Waals surface area contributed by atoms with E-state index in [2.05, 4.69) is 5.32 Å². The fraction of sp³-hybridized carbons (Fsp3) is 0.538. The van der Waals surface area contributed by atoms with Gasteiger partial charge < -0.3 is 10.1 Å². The predicted molar refractivity (Wildman–Crippen MR) is 68.5 cm³/mol. The van der Waals surface area contributed by atoms with E-state index < -0.39 is 0 Å². The predicted octanol–water partition coefficient (Wildman–Crippen LogP) is 2.03. The van der Waals surface area contributed by atoms with Crippen LogP contribution in [-0.4, -0.2) is 24.6 Å². The van der Waals surface area contributed by atoms with Gasteiger partial charge in [-0.05, 0) is 31.4 Å². The molecule has 0 aliphatic carbocycles. The van der Waals surface area contributed by atoms with Crippen molar-refractivity contribution in [3.63, 3.8) is 0 Å². The van der Waals surface area contributed by atoms with E-state index in [0.717, 1.165) is 31.7 Å². The van der Waals surface area contributed by atoms with Gasteiger partial charge in [0.25, 0.3) is 5.69 Å². The summed E-state index contributed by atoms with van der Waals surface area (Å²) in [6.07, 6.45) is 1.15. The van der Waals surface area contributed by atoms with Gasteiger partial charge in [-0.3, -0.25) is 10.1 Å². The number of nitrogens with zero attached hydrogens (tertiary/aromatic N) is 1. The Balaban J connectivity index is 1.92. The standard InChI is InChI=1S/C13H18N2O3/c1-10-12(3-2-4-13(10)15(16)17)9-18-8-11-5-6-14-7-11/h2-4,11,14H,5-9H2,1H3. The Morgan fingerprint density at radius 1 is 1.56 bits per heavy atom. The molecule has 1 N–H and O–H groups in total. The van der Waals surface area contributed by atoms with E-state index in [0.29, 0.717) is 18.1 Å². The molecule has 5 nitrogen and oxygen atoms in total. The van der Waals surface area contributed by atoms with Crippen molar-refractivity contribution in [1.82, 2.24) is 5.32 Å². The summed E-state index contributed by atoms with van der Waals surface area (Å²) in [5, 5.41) is 14.1. The van der Waals surface area contributed by atoms with Crippen LogP contribution in [0.1, 0.15) is 17.5 Å².